The van der Waals surface area contributed by atoms with E-state index in [1.54, 1.807) is 0 Å². The molecule has 0 spiro atoms. The highest BCUT2D eigenvalue weighted by atomic mass is 35.5. The van der Waals surface area contributed by atoms with E-state index in [0.29, 0.717) is 38.4 Å². The van der Waals surface area contributed by atoms with Crippen molar-refractivity contribution in [2.75, 3.05) is 44.2 Å². The Kier molecular flexibility index (Phi) is 7.40. The summed E-state index contributed by atoms with van der Waals surface area (Å²) in [4.78, 5) is 17.7. The highest BCUT2D eigenvalue weighted by Crippen LogP contribution is 2.49. The minimum atomic E-state index is -3.95. The lowest BCUT2D eigenvalue weighted by Gasteiger charge is -2.35. The van der Waals surface area contributed by atoms with Crippen molar-refractivity contribution in [1.82, 2.24) is 25.2 Å². The molecule has 0 radical (unpaired) electrons. The monoisotopic (exact) mass is 636 g/mol. The van der Waals surface area contributed by atoms with E-state index in [2.05, 4.69) is 27.1 Å². The average Bonchev–Trinajstić information content (AvgIpc) is 3.63. The van der Waals surface area contributed by atoms with Gasteiger partial charge >= 0.3 is 11.4 Å². The SMILES string of the molecule is CCC1CN(c2nc(OC[C@@]34CCCN3C[C@H](F)C4)nc3c(C(F)(F)Cl)c(-c4cccc5c4CCC5(F)F)ncc23)CCN1. The van der Waals surface area contributed by atoms with Gasteiger partial charge in [0.15, 0.2) is 0 Å². The molecule has 1 aromatic carbocycles. The molecule has 3 fully saturated rings. The van der Waals surface area contributed by atoms with Crippen LogP contribution in [0.3, 0.4) is 0 Å². The summed E-state index contributed by atoms with van der Waals surface area (Å²) in [6.45, 7) is 5.06. The van der Waals surface area contributed by atoms with E-state index in [9.17, 15) is 13.2 Å². The van der Waals surface area contributed by atoms with Crippen LogP contribution in [0, 0.1) is 0 Å². The smallest absolute Gasteiger partial charge is 0.352 e. The van der Waals surface area contributed by atoms with E-state index in [0.717, 1.165) is 25.8 Å². The minimum Gasteiger partial charge on any atom is -0.461 e. The highest BCUT2D eigenvalue weighted by Gasteiger charge is 2.49. The number of halogens is 6. The summed E-state index contributed by atoms with van der Waals surface area (Å²) < 4.78 is 80.9. The lowest BCUT2D eigenvalue weighted by molar-refractivity contribution is -0.00184. The number of piperazine rings is 1. The lowest BCUT2D eigenvalue weighted by Crippen LogP contribution is -2.50. The average molecular weight is 637 g/mol. The van der Waals surface area contributed by atoms with Crippen molar-refractivity contribution in [1.29, 1.82) is 0 Å². The Morgan fingerprint density at radius 1 is 1.16 bits per heavy atom. The largest absolute Gasteiger partial charge is 0.461 e. The maximum absolute atomic E-state index is 15.5. The molecule has 3 atom stereocenters. The van der Waals surface area contributed by atoms with Crippen LogP contribution in [0.5, 0.6) is 6.01 Å². The standard InChI is InChI=1S/C31H34ClF5N6O/c1-2-19-16-42(12-10-38-19)27-22-14-39-25(21-5-3-6-23-20(21)7-9-30(23,34)35)24(31(32,36)37)26(22)40-28(41-27)44-17-29-8-4-11-43(29)15-18(33)13-29/h3,5-6,14,18-19,38H,2,4,7-13,15-17H2,1H3/t18-,19?,29+/m1/s1. The molecule has 236 valence electrons. The fourth-order valence-corrected chi connectivity index (χ4v) is 7.79. The summed E-state index contributed by atoms with van der Waals surface area (Å²) in [5.41, 5.74) is -1.28. The second-order valence-corrected chi connectivity index (χ2v) is 13.0. The van der Waals surface area contributed by atoms with E-state index >= 15 is 8.78 Å². The van der Waals surface area contributed by atoms with Crippen molar-refractivity contribution in [3.8, 4) is 17.3 Å². The summed E-state index contributed by atoms with van der Waals surface area (Å²) in [5.74, 6) is -2.68. The first-order valence-corrected chi connectivity index (χ1v) is 15.7. The molecule has 1 unspecified atom stereocenters. The van der Waals surface area contributed by atoms with Crippen molar-refractivity contribution in [2.45, 2.75) is 74.5 Å². The van der Waals surface area contributed by atoms with E-state index in [4.69, 9.17) is 21.3 Å². The zero-order valence-corrected chi connectivity index (χ0v) is 25.1. The van der Waals surface area contributed by atoms with Crippen molar-refractivity contribution < 1.29 is 26.7 Å². The van der Waals surface area contributed by atoms with Gasteiger partial charge < -0.3 is 15.0 Å². The van der Waals surface area contributed by atoms with E-state index in [1.165, 1.54) is 24.4 Å². The number of fused-ring (bicyclic) bond motifs is 3. The molecule has 13 heteroatoms. The van der Waals surface area contributed by atoms with Crippen LogP contribution in [0.1, 0.15) is 55.7 Å². The summed E-state index contributed by atoms with van der Waals surface area (Å²) in [6, 6.07) is 4.30. The van der Waals surface area contributed by atoms with Crippen molar-refractivity contribution >= 4 is 28.3 Å². The third kappa shape index (κ3) is 5.06. The first kappa shape index (κ1) is 29.9. The van der Waals surface area contributed by atoms with Crippen LogP contribution in [0.25, 0.3) is 22.2 Å². The fourth-order valence-electron chi connectivity index (χ4n) is 7.61. The molecule has 1 N–H and O–H groups in total. The normalized spacial score (nSPS) is 26.8. The second-order valence-electron chi connectivity index (χ2n) is 12.5. The number of benzene rings is 1. The first-order valence-electron chi connectivity index (χ1n) is 15.3. The molecule has 1 aliphatic carbocycles. The molecule has 7 rings (SSSR count). The van der Waals surface area contributed by atoms with E-state index < -0.39 is 35.0 Å². The van der Waals surface area contributed by atoms with Gasteiger partial charge in [-0.15, -0.1) is 0 Å². The Labute approximate surface area is 257 Å². The number of ether oxygens (including phenoxy) is 1. The van der Waals surface area contributed by atoms with Crippen LogP contribution >= 0.6 is 11.6 Å². The number of hydrogen-bond acceptors (Lipinski definition) is 7. The number of nitrogens with one attached hydrogen (secondary N) is 1. The number of nitrogens with zero attached hydrogens (tertiary/aromatic N) is 5. The quantitative estimate of drug-likeness (QED) is 0.246. The number of rotatable bonds is 7. The molecule has 44 heavy (non-hydrogen) atoms. The van der Waals surface area contributed by atoms with Crippen LogP contribution in [0.4, 0.5) is 27.8 Å². The molecule has 2 aromatic heterocycles. The van der Waals surface area contributed by atoms with Crippen LogP contribution < -0.4 is 15.0 Å². The van der Waals surface area contributed by atoms with E-state index in [-0.39, 0.29) is 58.4 Å². The fraction of sp³-hybridized carbons (Fsp3) is 0.581. The predicted octanol–water partition coefficient (Wildman–Crippen LogP) is 6.16. The van der Waals surface area contributed by atoms with Gasteiger partial charge in [0.25, 0.3) is 5.92 Å². The molecule has 4 aliphatic rings. The van der Waals surface area contributed by atoms with E-state index in [1.807, 2.05) is 4.90 Å². The maximum Gasteiger partial charge on any atom is 0.352 e. The molecular weight excluding hydrogens is 603 g/mol. The minimum absolute atomic E-state index is 0.0161. The van der Waals surface area contributed by atoms with Gasteiger partial charge in [-0.25, -0.2) is 13.2 Å². The Bertz CT molecular complexity index is 1590. The van der Waals surface area contributed by atoms with Crippen molar-refractivity contribution in [3.05, 3.63) is 41.1 Å². The number of aromatic nitrogens is 3. The first-order chi connectivity index (χ1) is 21.0. The number of alkyl halides is 6. The van der Waals surface area contributed by atoms with Gasteiger partial charge in [0, 0.05) is 62.4 Å². The predicted molar refractivity (Wildman–Crippen MR) is 158 cm³/mol. The van der Waals surface area contributed by atoms with Gasteiger partial charge in [-0.05, 0) is 49.4 Å². The molecular formula is C31H34ClF5N6O. The van der Waals surface area contributed by atoms with Crippen LogP contribution in [0.15, 0.2) is 24.4 Å². The van der Waals surface area contributed by atoms with Gasteiger partial charge in [0.05, 0.1) is 27.7 Å². The summed E-state index contributed by atoms with van der Waals surface area (Å²) in [7, 11) is 0. The van der Waals surface area contributed by atoms with Crippen molar-refractivity contribution in [2.24, 2.45) is 0 Å². The van der Waals surface area contributed by atoms with Gasteiger partial charge in [0.2, 0.25) is 0 Å². The van der Waals surface area contributed by atoms with Crippen LogP contribution in [-0.4, -0.2) is 76.9 Å². The Morgan fingerprint density at radius 3 is 2.80 bits per heavy atom. The number of anilines is 1. The van der Waals surface area contributed by atoms with Gasteiger partial charge in [-0.2, -0.15) is 18.7 Å². The third-order valence-electron chi connectivity index (χ3n) is 9.78. The molecule has 3 saturated heterocycles. The zero-order valence-electron chi connectivity index (χ0n) is 24.4. The van der Waals surface area contributed by atoms with Gasteiger partial charge in [-0.1, -0.05) is 25.1 Å². The molecule has 0 amide bonds. The Balaban J connectivity index is 1.39. The van der Waals surface area contributed by atoms with Crippen LogP contribution in [-0.2, 0) is 17.7 Å². The molecule has 3 aliphatic heterocycles. The summed E-state index contributed by atoms with van der Waals surface area (Å²) in [5, 5.41) is -0.243. The van der Waals surface area contributed by atoms with Crippen LogP contribution in [0.2, 0.25) is 0 Å². The Hall–Kier alpha value is -2.83. The zero-order chi connectivity index (χ0) is 30.9. The third-order valence-corrected chi connectivity index (χ3v) is 9.97. The Morgan fingerprint density at radius 2 is 2.00 bits per heavy atom. The lowest BCUT2D eigenvalue weighted by atomic mass is 9.95. The molecule has 7 nitrogen and oxygen atoms in total. The van der Waals surface area contributed by atoms with Gasteiger partial charge in [0.1, 0.15) is 18.6 Å². The number of pyridine rings is 1. The molecule has 0 bridgehead atoms. The number of hydrogen-bond donors (Lipinski definition) is 1. The maximum atomic E-state index is 15.5. The highest BCUT2D eigenvalue weighted by molar-refractivity contribution is 6.23. The molecule has 5 heterocycles. The summed E-state index contributed by atoms with van der Waals surface area (Å²) >= 11 is 5.81. The molecule has 3 aromatic rings. The second kappa shape index (κ2) is 10.9. The summed E-state index contributed by atoms with van der Waals surface area (Å²) in [6.07, 6.45) is 2.91. The van der Waals surface area contributed by atoms with Gasteiger partial charge in [-0.3, -0.25) is 9.88 Å². The van der Waals surface area contributed by atoms with Crippen molar-refractivity contribution in [3.63, 3.8) is 0 Å². The topological polar surface area (TPSA) is 66.4 Å². The molecule has 0 saturated carbocycles.